The van der Waals surface area contributed by atoms with Crippen molar-refractivity contribution in [2.24, 2.45) is 4.99 Å². The topological polar surface area (TPSA) is 30.8 Å². The Bertz CT molecular complexity index is 971. The summed E-state index contributed by atoms with van der Waals surface area (Å²) < 4.78 is 12.6. The molecule has 0 heterocycles. The van der Waals surface area contributed by atoms with E-state index in [1.165, 1.54) is 5.56 Å². The zero-order valence-corrected chi connectivity index (χ0v) is 18.1. The highest BCUT2D eigenvalue weighted by atomic mass is 79.9. The highest BCUT2D eigenvalue weighted by Gasteiger charge is 2.13. The van der Waals surface area contributed by atoms with Crippen molar-refractivity contribution >= 4 is 39.4 Å². The van der Waals surface area contributed by atoms with Crippen molar-refractivity contribution in [3.05, 3.63) is 86.8 Å². The quantitative estimate of drug-likeness (QED) is 0.352. The largest absolute Gasteiger partial charge is 0.490 e. The number of hydrogen-bond donors (Lipinski definition) is 0. The van der Waals surface area contributed by atoms with Gasteiger partial charge in [-0.2, -0.15) is 0 Å². The van der Waals surface area contributed by atoms with Gasteiger partial charge in [-0.1, -0.05) is 47.5 Å². The van der Waals surface area contributed by atoms with E-state index in [-0.39, 0.29) is 0 Å². The molecule has 0 amide bonds. The first-order valence-corrected chi connectivity index (χ1v) is 10.2. The molecule has 3 nitrogen and oxygen atoms in total. The molecule has 0 radical (unpaired) electrons. The maximum atomic E-state index is 6.23. The Morgan fingerprint density at radius 1 is 1.04 bits per heavy atom. The van der Waals surface area contributed by atoms with Crippen LogP contribution < -0.4 is 9.47 Å². The average molecular weight is 459 g/mol. The Morgan fingerprint density at radius 3 is 2.50 bits per heavy atom. The highest BCUT2D eigenvalue weighted by Crippen LogP contribution is 2.37. The fourth-order valence-corrected chi connectivity index (χ4v) is 3.38. The lowest BCUT2D eigenvalue weighted by atomic mass is 10.2. The van der Waals surface area contributed by atoms with Gasteiger partial charge in [-0.05, 0) is 65.7 Å². The fraction of sp³-hybridized carbons (Fsp3) is 0.174. The van der Waals surface area contributed by atoms with Crippen LogP contribution >= 0.6 is 27.5 Å². The van der Waals surface area contributed by atoms with Gasteiger partial charge in [0.25, 0.3) is 0 Å². The van der Waals surface area contributed by atoms with E-state index in [1.807, 2.05) is 73.8 Å². The molecule has 3 rings (SSSR count). The Morgan fingerprint density at radius 2 is 1.79 bits per heavy atom. The van der Waals surface area contributed by atoms with Crippen molar-refractivity contribution in [1.29, 1.82) is 0 Å². The molecule has 0 saturated carbocycles. The number of aliphatic imine (C=N–C) groups is 1. The second kappa shape index (κ2) is 9.76. The van der Waals surface area contributed by atoms with E-state index >= 15 is 0 Å². The minimum Gasteiger partial charge on any atom is -0.490 e. The molecule has 0 aliphatic heterocycles. The van der Waals surface area contributed by atoms with E-state index in [9.17, 15) is 0 Å². The van der Waals surface area contributed by atoms with E-state index < -0.39 is 0 Å². The first-order chi connectivity index (χ1) is 13.6. The summed E-state index contributed by atoms with van der Waals surface area (Å²) in [5, 5.41) is 0.679. The normalized spacial score (nSPS) is 11.0. The van der Waals surface area contributed by atoms with E-state index in [2.05, 4.69) is 27.8 Å². The highest BCUT2D eigenvalue weighted by molar-refractivity contribution is 9.10. The Hall–Kier alpha value is -2.30. The molecule has 0 unspecified atom stereocenters. The third-order valence-electron chi connectivity index (χ3n) is 4.06. The van der Waals surface area contributed by atoms with Crippen molar-refractivity contribution in [3.63, 3.8) is 0 Å². The van der Waals surface area contributed by atoms with E-state index in [1.54, 1.807) is 0 Å². The molecule has 0 atom stereocenters. The molecule has 0 bridgehead atoms. The van der Waals surface area contributed by atoms with E-state index in [4.69, 9.17) is 21.1 Å². The van der Waals surface area contributed by atoms with Crippen LogP contribution in [-0.4, -0.2) is 12.8 Å². The Kier molecular flexibility index (Phi) is 7.12. The number of nitrogens with zero attached hydrogens (tertiary/aromatic N) is 1. The molecule has 3 aromatic carbocycles. The van der Waals surface area contributed by atoms with Crippen molar-refractivity contribution in [2.45, 2.75) is 20.5 Å². The molecule has 0 aliphatic carbocycles. The predicted octanol–water partition coefficient (Wildman–Crippen LogP) is 7.14. The molecule has 0 aromatic heterocycles. The zero-order chi connectivity index (χ0) is 19.9. The lowest BCUT2D eigenvalue weighted by Crippen LogP contribution is -2.02. The van der Waals surface area contributed by atoms with Gasteiger partial charge >= 0.3 is 0 Å². The molecule has 0 fully saturated rings. The lowest BCUT2D eigenvalue weighted by Gasteiger charge is -2.15. The van der Waals surface area contributed by atoms with Gasteiger partial charge in [-0.15, -0.1) is 0 Å². The van der Waals surface area contributed by atoms with Crippen LogP contribution in [0.2, 0.25) is 5.02 Å². The van der Waals surface area contributed by atoms with E-state index in [0.717, 1.165) is 21.3 Å². The van der Waals surface area contributed by atoms with Gasteiger partial charge in [0.2, 0.25) is 0 Å². The molecule has 3 aromatic rings. The van der Waals surface area contributed by atoms with Crippen LogP contribution in [0.3, 0.4) is 0 Å². The van der Waals surface area contributed by atoms with Gasteiger partial charge in [-0.3, -0.25) is 4.99 Å². The van der Waals surface area contributed by atoms with Gasteiger partial charge in [-0.25, -0.2) is 0 Å². The zero-order valence-electron chi connectivity index (χ0n) is 15.8. The van der Waals surface area contributed by atoms with Crippen LogP contribution in [-0.2, 0) is 6.61 Å². The van der Waals surface area contributed by atoms with Gasteiger partial charge in [0.05, 0.1) is 16.8 Å². The van der Waals surface area contributed by atoms with Crippen LogP contribution in [0.5, 0.6) is 11.5 Å². The summed E-state index contributed by atoms with van der Waals surface area (Å²) in [6.07, 6.45) is 1.82. The van der Waals surface area contributed by atoms with Crippen LogP contribution in [0.25, 0.3) is 0 Å². The first kappa shape index (κ1) is 20.4. The van der Waals surface area contributed by atoms with Crippen LogP contribution in [0.1, 0.15) is 23.6 Å². The number of benzene rings is 3. The maximum Gasteiger partial charge on any atom is 0.175 e. The first-order valence-electron chi connectivity index (χ1n) is 9.00. The molecule has 144 valence electrons. The number of ether oxygens (including phenoxy) is 2. The van der Waals surface area contributed by atoms with Crippen molar-refractivity contribution in [2.75, 3.05) is 6.61 Å². The summed E-state index contributed by atoms with van der Waals surface area (Å²) in [6, 6.07) is 19.6. The molecule has 0 aliphatic rings. The second-order valence-corrected chi connectivity index (χ2v) is 7.50. The third kappa shape index (κ3) is 5.37. The van der Waals surface area contributed by atoms with Crippen molar-refractivity contribution in [3.8, 4) is 11.5 Å². The summed E-state index contributed by atoms with van der Waals surface area (Å²) in [5.41, 5.74) is 3.95. The smallest absolute Gasteiger partial charge is 0.175 e. The standard InChI is InChI=1S/C23H21BrClNO2/c1-3-27-22-13-17(14-26-19-10-8-16(2)9-11-19)12-20(24)23(22)28-15-18-6-4-5-7-21(18)25/h4-14H,3,15H2,1-2H3. The molecule has 5 heteroatoms. The minimum atomic E-state index is 0.356. The summed E-state index contributed by atoms with van der Waals surface area (Å²) in [7, 11) is 0. The molecular formula is C23H21BrClNO2. The fourth-order valence-electron chi connectivity index (χ4n) is 2.61. The van der Waals surface area contributed by atoms with Gasteiger partial charge in [0, 0.05) is 16.8 Å². The summed E-state index contributed by atoms with van der Waals surface area (Å²) in [5.74, 6) is 1.31. The molecule has 0 spiro atoms. The van der Waals surface area contributed by atoms with Crippen molar-refractivity contribution in [1.82, 2.24) is 0 Å². The maximum absolute atomic E-state index is 6.23. The van der Waals surface area contributed by atoms with Crippen molar-refractivity contribution < 1.29 is 9.47 Å². The van der Waals surface area contributed by atoms with Gasteiger partial charge in [0.1, 0.15) is 6.61 Å². The van der Waals surface area contributed by atoms with Crippen LogP contribution in [0, 0.1) is 6.92 Å². The lowest BCUT2D eigenvalue weighted by molar-refractivity contribution is 0.267. The minimum absolute atomic E-state index is 0.356. The Balaban J connectivity index is 1.83. The molecule has 0 N–H and O–H groups in total. The number of aryl methyl sites for hydroxylation is 1. The number of hydrogen-bond acceptors (Lipinski definition) is 3. The average Bonchev–Trinajstić information content (AvgIpc) is 2.68. The summed E-state index contributed by atoms with van der Waals surface area (Å²) in [6.45, 7) is 4.89. The van der Waals surface area contributed by atoms with Gasteiger partial charge < -0.3 is 9.47 Å². The van der Waals surface area contributed by atoms with Crippen LogP contribution in [0.4, 0.5) is 5.69 Å². The SMILES string of the molecule is CCOc1cc(C=Nc2ccc(C)cc2)cc(Br)c1OCc1ccccc1Cl. The number of halogens is 2. The number of rotatable bonds is 7. The van der Waals surface area contributed by atoms with Crippen LogP contribution in [0.15, 0.2) is 70.1 Å². The third-order valence-corrected chi connectivity index (χ3v) is 5.02. The molecule has 0 saturated heterocycles. The van der Waals surface area contributed by atoms with E-state index in [0.29, 0.717) is 29.7 Å². The molecular weight excluding hydrogens is 438 g/mol. The summed E-state index contributed by atoms with van der Waals surface area (Å²) >= 11 is 9.82. The summed E-state index contributed by atoms with van der Waals surface area (Å²) in [4.78, 5) is 4.54. The molecule has 28 heavy (non-hydrogen) atoms. The predicted molar refractivity (Wildman–Crippen MR) is 120 cm³/mol. The Labute approximate surface area is 179 Å². The second-order valence-electron chi connectivity index (χ2n) is 6.24. The van der Waals surface area contributed by atoms with Gasteiger partial charge in [0.15, 0.2) is 11.5 Å². The monoisotopic (exact) mass is 457 g/mol.